The van der Waals surface area contributed by atoms with Gasteiger partial charge < -0.3 is 9.47 Å². The summed E-state index contributed by atoms with van der Waals surface area (Å²) in [5.74, 6) is 1.95. The largest absolute Gasteiger partial charge is 0.493 e. The molecule has 1 N–H and O–H groups in total. The van der Waals surface area contributed by atoms with Crippen molar-refractivity contribution >= 4 is 39.3 Å². The van der Waals surface area contributed by atoms with E-state index in [9.17, 15) is 0 Å². The van der Waals surface area contributed by atoms with Gasteiger partial charge in [0.25, 0.3) is 0 Å². The first kappa shape index (κ1) is 22.5. The molecule has 0 amide bonds. The Labute approximate surface area is 197 Å². The zero-order chi connectivity index (χ0) is 23.2. The lowest BCUT2D eigenvalue weighted by atomic mass is 10.2. The number of aryl methyl sites for hydroxylation is 1. The first-order chi connectivity index (χ1) is 16.0. The molecule has 7 heteroatoms. The van der Waals surface area contributed by atoms with Crippen molar-refractivity contribution in [2.75, 3.05) is 7.11 Å². The van der Waals surface area contributed by atoms with E-state index < -0.39 is 0 Å². The predicted octanol–water partition coefficient (Wildman–Crippen LogP) is 6.10. The number of methoxy groups -OCH3 is 1. The number of rotatable bonds is 7. The van der Waals surface area contributed by atoms with Crippen LogP contribution in [-0.4, -0.2) is 30.2 Å². The highest BCUT2D eigenvalue weighted by atomic mass is 32.1. The Morgan fingerprint density at radius 3 is 2.55 bits per heavy atom. The predicted molar refractivity (Wildman–Crippen MR) is 136 cm³/mol. The number of hydrazone groups is 1. The van der Waals surface area contributed by atoms with Crippen LogP contribution in [0.4, 0.5) is 5.69 Å². The Morgan fingerprint density at radius 2 is 1.82 bits per heavy atom. The lowest BCUT2D eigenvalue weighted by Crippen LogP contribution is -2.18. The maximum absolute atomic E-state index is 5.78. The SMILES string of the molecule is COc1cc(C=NNC(=Nc2ccc(C)cc2)c2nc3ccccc3s2)ccc1OC(C)C. The van der Waals surface area contributed by atoms with Crippen molar-refractivity contribution in [3.8, 4) is 11.5 Å². The summed E-state index contributed by atoms with van der Waals surface area (Å²) in [6.07, 6.45) is 1.79. The van der Waals surface area contributed by atoms with Gasteiger partial charge in [-0.3, -0.25) is 5.43 Å². The van der Waals surface area contributed by atoms with E-state index in [0.717, 1.165) is 26.5 Å². The summed E-state index contributed by atoms with van der Waals surface area (Å²) in [5.41, 5.74) is 6.90. The third-order valence-corrected chi connectivity index (χ3v) is 5.75. The van der Waals surface area contributed by atoms with Gasteiger partial charge in [-0.2, -0.15) is 5.10 Å². The van der Waals surface area contributed by atoms with Gasteiger partial charge in [-0.05, 0) is 68.8 Å². The number of benzene rings is 3. The number of ether oxygens (including phenoxy) is 2. The molecule has 0 spiro atoms. The number of hydrogen-bond donors (Lipinski definition) is 1. The molecule has 1 aromatic heterocycles. The molecular weight excluding hydrogens is 432 g/mol. The monoisotopic (exact) mass is 458 g/mol. The van der Waals surface area contributed by atoms with Crippen LogP contribution in [-0.2, 0) is 0 Å². The second-order valence-corrected chi connectivity index (χ2v) is 8.76. The van der Waals surface area contributed by atoms with E-state index in [0.29, 0.717) is 17.3 Å². The summed E-state index contributed by atoms with van der Waals surface area (Å²) in [6, 6.07) is 21.8. The molecule has 1 heterocycles. The number of nitrogens with zero attached hydrogens (tertiary/aromatic N) is 3. The average Bonchev–Trinajstić information content (AvgIpc) is 3.24. The number of amidine groups is 1. The van der Waals surface area contributed by atoms with Crippen LogP contribution < -0.4 is 14.9 Å². The van der Waals surface area contributed by atoms with Crippen LogP contribution in [0, 0.1) is 6.92 Å². The summed E-state index contributed by atoms with van der Waals surface area (Å²) in [7, 11) is 1.63. The maximum atomic E-state index is 5.78. The summed E-state index contributed by atoms with van der Waals surface area (Å²) in [4.78, 5) is 9.51. The van der Waals surface area contributed by atoms with Crippen molar-refractivity contribution in [3.63, 3.8) is 0 Å². The molecule has 6 nitrogen and oxygen atoms in total. The highest BCUT2D eigenvalue weighted by molar-refractivity contribution is 7.20. The van der Waals surface area contributed by atoms with Gasteiger partial charge in [0, 0.05) is 0 Å². The number of aliphatic imine (C=N–C) groups is 1. The number of hydrogen-bond acceptors (Lipinski definition) is 6. The summed E-state index contributed by atoms with van der Waals surface area (Å²) in [6.45, 7) is 6.02. The Hall–Kier alpha value is -3.71. The lowest BCUT2D eigenvalue weighted by molar-refractivity contribution is 0.230. The quantitative estimate of drug-likeness (QED) is 0.206. The van der Waals surface area contributed by atoms with E-state index in [1.807, 2.05) is 74.5 Å². The Bertz CT molecular complexity index is 1260. The summed E-state index contributed by atoms with van der Waals surface area (Å²) < 4.78 is 12.3. The fourth-order valence-corrected chi connectivity index (χ4v) is 4.03. The standard InChI is InChI=1S/C26H26N4O2S/c1-17(2)32-22-14-11-19(15-23(22)31-4)16-27-30-25(28-20-12-9-18(3)10-13-20)26-29-21-7-5-6-8-24(21)33-26/h5-17H,1-4H3,(H,28,30). The molecule has 0 unspecified atom stereocenters. The van der Waals surface area contributed by atoms with Gasteiger partial charge in [-0.15, -0.1) is 11.3 Å². The number of fused-ring (bicyclic) bond motifs is 1. The van der Waals surface area contributed by atoms with Crippen LogP contribution >= 0.6 is 11.3 Å². The molecule has 33 heavy (non-hydrogen) atoms. The van der Waals surface area contributed by atoms with Crippen molar-refractivity contribution in [2.45, 2.75) is 26.9 Å². The molecule has 3 aromatic carbocycles. The second-order valence-electron chi connectivity index (χ2n) is 7.73. The molecule has 0 bridgehead atoms. The lowest BCUT2D eigenvalue weighted by Gasteiger charge is -2.13. The molecule has 0 saturated carbocycles. The molecule has 4 aromatic rings. The van der Waals surface area contributed by atoms with E-state index in [2.05, 4.69) is 23.5 Å². The molecule has 0 fully saturated rings. The van der Waals surface area contributed by atoms with Crippen molar-refractivity contribution in [1.29, 1.82) is 0 Å². The zero-order valence-electron chi connectivity index (χ0n) is 19.1. The zero-order valence-corrected chi connectivity index (χ0v) is 19.9. The molecule has 0 aliphatic heterocycles. The molecule has 0 aliphatic rings. The second kappa shape index (κ2) is 10.3. The molecule has 0 saturated heterocycles. The van der Waals surface area contributed by atoms with Gasteiger partial charge >= 0.3 is 0 Å². The Morgan fingerprint density at radius 1 is 1.03 bits per heavy atom. The molecule has 0 aliphatic carbocycles. The van der Waals surface area contributed by atoms with Crippen LogP contribution in [0.5, 0.6) is 11.5 Å². The minimum atomic E-state index is 0.0643. The molecule has 0 radical (unpaired) electrons. The highest BCUT2D eigenvalue weighted by Gasteiger charge is 2.11. The van der Waals surface area contributed by atoms with E-state index >= 15 is 0 Å². The fraction of sp³-hybridized carbons (Fsp3) is 0.192. The van der Waals surface area contributed by atoms with Gasteiger partial charge in [0.15, 0.2) is 22.3 Å². The van der Waals surface area contributed by atoms with Gasteiger partial charge in [0.05, 0.1) is 35.3 Å². The van der Waals surface area contributed by atoms with E-state index in [-0.39, 0.29) is 6.10 Å². The Kier molecular flexibility index (Phi) is 7.00. The molecule has 0 atom stereocenters. The smallest absolute Gasteiger partial charge is 0.183 e. The van der Waals surface area contributed by atoms with E-state index in [4.69, 9.17) is 19.5 Å². The summed E-state index contributed by atoms with van der Waals surface area (Å²) in [5, 5.41) is 5.20. The maximum Gasteiger partial charge on any atom is 0.183 e. The average molecular weight is 459 g/mol. The first-order valence-corrected chi connectivity index (χ1v) is 11.5. The molecule has 168 valence electrons. The molecular formula is C26H26N4O2S. The first-order valence-electron chi connectivity index (χ1n) is 10.7. The van der Waals surface area contributed by atoms with Crippen molar-refractivity contribution in [2.24, 2.45) is 10.1 Å². The minimum Gasteiger partial charge on any atom is -0.493 e. The van der Waals surface area contributed by atoms with Crippen molar-refractivity contribution < 1.29 is 9.47 Å². The van der Waals surface area contributed by atoms with Crippen LogP contribution in [0.1, 0.15) is 30.0 Å². The van der Waals surface area contributed by atoms with Gasteiger partial charge in [-0.1, -0.05) is 29.8 Å². The van der Waals surface area contributed by atoms with Crippen LogP contribution in [0.2, 0.25) is 0 Å². The third-order valence-electron chi connectivity index (χ3n) is 4.71. The van der Waals surface area contributed by atoms with Gasteiger partial charge in [0.1, 0.15) is 0 Å². The summed E-state index contributed by atoms with van der Waals surface area (Å²) >= 11 is 1.57. The molecule has 4 rings (SSSR count). The van der Waals surface area contributed by atoms with Crippen molar-refractivity contribution in [1.82, 2.24) is 10.4 Å². The van der Waals surface area contributed by atoms with Crippen LogP contribution in [0.3, 0.4) is 0 Å². The van der Waals surface area contributed by atoms with Crippen LogP contribution in [0.25, 0.3) is 10.2 Å². The van der Waals surface area contributed by atoms with Crippen molar-refractivity contribution in [3.05, 3.63) is 82.9 Å². The number of para-hydroxylation sites is 1. The fourth-order valence-electron chi connectivity index (χ4n) is 3.13. The topological polar surface area (TPSA) is 68.1 Å². The van der Waals surface area contributed by atoms with E-state index in [1.165, 1.54) is 5.56 Å². The number of nitrogens with one attached hydrogen (secondary N) is 1. The Balaban J connectivity index is 1.61. The third kappa shape index (κ3) is 5.75. The normalized spacial score (nSPS) is 12.0. The minimum absolute atomic E-state index is 0.0643. The van der Waals surface area contributed by atoms with E-state index in [1.54, 1.807) is 24.7 Å². The van der Waals surface area contributed by atoms with Gasteiger partial charge in [0.2, 0.25) is 0 Å². The highest BCUT2D eigenvalue weighted by Crippen LogP contribution is 2.28. The van der Waals surface area contributed by atoms with Crippen LogP contribution in [0.15, 0.2) is 76.8 Å². The number of aromatic nitrogens is 1. The van der Waals surface area contributed by atoms with Gasteiger partial charge in [-0.25, -0.2) is 9.98 Å². The number of thiazole rings is 1.